The number of fused-ring (bicyclic) bond motifs is 1. The molecule has 1 heterocycles. The van der Waals surface area contributed by atoms with E-state index in [1.807, 2.05) is 13.8 Å². The standard InChI is InChI=1S/C11H23N3O3S/c1-7(2)14(3)18(15,16)13-10-9(12)8-5-4-6-17-11(8)10/h7-11,13H,4-6,12H2,1-3H3. The summed E-state index contributed by atoms with van der Waals surface area (Å²) >= 11 is 0. The quantitative estimate of drug-likeness (QED) is 0.736. The van der Waals surface area contributed by atoms with Gasteiger partial charge in [0.1, 0.15) is 0 Å². The van der Waals surface area contributed by atoms with E-state index in [0.717, 1.165) is 12.8 Å². The first kappa shape index (κ1) is 14.2. The van der Waals surface area contributed by atoms with E-state index >= 15 is 0 Å². The van der Waals surface area contributed by atoms with Crippen molar-refractivity contribution in [2.24, 2.45) is 11.7 Å². The van der Waals surface area contributed by atoms with Gasteiger partial charge in [-0.05, 0) is 26.7 Å². The zero-order valence-corrected chi connectivity index (χ0v) is 12.0. The average Bonchev–Trinajstić information content (AvgIpc) is 2.34. The molecule has 0 amide bonds. The maximum Gasteiger partial charge on any atom is 0.279 e. The molecule has 4 atom stereocenters. The topological polar surface area (TPSA) is 84.7 Å². The Hall–Kier alpha value is -0.210. The molecule has 0 aromatic rings. The van der Waals surface area contributed by atoms with Crippen LogP contribution < -0.4 is 10.5 Å². The third kappa shape index (κ3) is 2.42. The fourth-order valence-corrected chi connectivity index (χ4v) is 3.98. The number of nitrogens with zero attached hydrogens (tertiary/aromatic N) is 1. The summed E-state index contributed by atoms with van der Waals surface area (Å²) in [5.41, 5.74) is 6.04. The molecule has 0 bridgehead atoms. The van der Waals surface area contributed by atoms with Crippen molar-refractivity contribution < 1.29 is 13.2 Å². The van der Waals surface area contributed by atoms with Gasteiger partial charge in [0, 0.05) is 31.7 Å². The Balaban J connectivity index is 2.02. The molecule has 2 rings (SSSR count). The largest absolute Gasteiger partial charge is 0.376 e. The number of rotatable bonds is 4. The summed E-state index contributed by atoms with van der Waals surface area (Å²) in [6, 6.07) is -0.506. The van der Waals surface area contributed by atoms with E-state index in [1.165, 1.54) is 4.31 Å². The number of hydrogen-bond donors (Lipinski definition) is 2. The highest BCUT2D eigenvalue weighted by Gasteiger charge is 2.52. The van der Waals surface area contributed by atoms with Crippen LogP contribution in [0.5, 0.6) is 0 Å². The Morgan fingerprint density at radius 2 is 2.11 bits per heavy atom. The van der Waals surface area contributed by atoms with Gasteiger partial charge in [0.25, 0.3) is 10.2 Å². The highest BCUT2D eigenvalue weighted by molar-refractivity contribution is 7.87. The first-order valence-electron chi connectivity index (χ1n) is 6.47. The molecule has 1 aliphatic heterocycles. The summed E-state index contributed by atoms with van der Waals surface area (Å²) in [4.78, 5) is 0. The van der Waals surface area contributed by atoms with Crippen LogP contribution in [0, 0.1) is 5.92 Å². The summed E-state index contributed by atoms with van der Waals surface area (Å²) in [6.07, 6.45) is 1.99. The average molecular weight is 277 g/mol. The van der Waals surface area contributed by atoms with Crippen LogP contribution in [0.1, 0.15) is 26.7 Å². The third-order valence-electron chi connectivity index (χ3n) is 4.07. The van der Waals surface area contributed by atoms with Crippen molar-refractivity contribution in [3.63, 3.8) is 0 Å². The van der Waals surface area contributed by atoms with E-state index < -0.39 is 10.2 Å². The Labute approximate surface area is 109 Å². The van der Waals surface area contributed by atoms with Gasteiger partial charge in [0.05, 0.1) is 12.1 Å². The second kappa shape index (κ2) is 5.05. The number of hydrogen-bond acceptors (Lipinski definition) is 4. The van der Waals surface area contributed by atoms with E-state index in [2.05, 4.69) is 4.72 Å². The zero-order chi connectivity index (χ0) is 13.5. The summed E-state index contributed by atoms with van der Waals surface area (Å²) in [6.45, 7) is 4.37. The molecule has 1 saturated carbocycles. The van der Waals surface area contributed by atoms with Gasteiger partial charge in [0.15, 0.2) is 0 Å². The van der Waals surface area contributed by atoms with Gasteiger partial charge < -0.3 is 10.5 Å². The molecule has 3 N–H and O–H groups in total. The highest BCUT2D eigenvalue weighted by atomic mass is 32.2. The van der Waals surface area contributed by atoms with Gasteiger partial charge in [-0.25, -0.2) is 0 Å². The normalized spacial score (nSPS) is 36.6. The van der Waals surface area contributed by atoms with Crippen LogP contribution in [0.25, 0.3) is 0 Å². The van der Waals surface area contributed by atoms with Gasteiger partial charge in [-0.15, -0.1) is 0 Å². The van der Waals surface area contributed by atoms with Crippen LogP contribution in [-0.2, 0) is 14.9 Å². The van der Waals surface area contributed by atoms with Crippen molar-refractivity contribution in [2.75, 3.05) is 13.7 Å². The summed E-state index contributed by atoms with van der Waals surface area (Å²) < 4.78 is 33.8. The number of nitrogens with one attached hydrogen (secondary N) is 1. The maximum absolute atomic E-state index is 12.1. The molecule has 0 aromatic carbocycles. The lowest BCUT2D eigenvalue weighted by atomic mass is 9.69. The molecule has 1 saturated heterocycles. The van der Waals surface area contributed by atoms with E-state index in [9.17, 15) is 8.42 Å². The van der Waals surface area contributed by atoms with Gasteiger partial charge in [-0.2, -0.15) is 17.4 Å². The molecule has 0 aromatic heterocycles. The molecule has 1 aliphatic carbocycles. The van der Waals surface area contributed by atoms with Crippen molar-refractivity contribution in [3.8, 4) is 0 Å². The maximum atomic E-state index is 12.1. The second-order valence-corrected chi connectivity index (χ2v) is 7.24. The Kier molecular flexibility index (Phi) is 3.99. The lowest BCUT2D eigenvalue weighted by molar-refractivity contribution is -0.114. The minimum absolute atomic E-state index is 0.0518. The Morgan fingerprint density at radius 1 is 1.44 bits per heavy atom. The van der Waals surface area contributed by atoms with Crippen molar-refractivity contribution in [1.82, 2.24) is 9.03 Å². The second-order valence-electron chi connectivity index (χ2n) is 5.48. The van der Waals surface area contributed by atoms with E-state index in [0.29, 0.717) is 12.5 Å². The lowest BCUT2D eigenvalue weighted by Crippen LogP contribution is -2.72. The van der Waals surface area contributed by atoms with Crippen molar-refractivity contribution >= 4 is 10.2 Å². The number of ether oxygens (including phenoxy) is 1. The van der Waals surface area contributed by atoms with Crippen molar-refractivity contribution in [3.05, 3.63) is 0 Å². The Morgan fingerprint density at radius 3 is 2.72 bits per heavy atom. The van der Waals surface area contributed by atoms with Crippen LogP contribution in [0.2, 0.25) is 0 Å². The van der Waals surface area contributed by atoms with Gasteiger partial charge >= 0.3 is 0 Å². The minimum atomic E-state index is -3.48. The zero-order valence-electron chi connectivity index (χ0n) is 11.2. The third-order valence-corrected chi connectivity index (χ3v) is 5.82. The van der Waals surface area contributed by atoms with E-state index in [-0.39, 0.29) is 24.2 Å². The molecule has 4 unspecified atom stereocenters. The number of nitrogens with two attached hydrogens (primary N) is 1. The smallest absolute Gasteiger partial charge is 0.279 e. The van der Waals surface area contributed by atoms with Crippen molar-refractivity contribution in [2.45, 2.75) is 50.9 Å². The fourth-order valence-electron chi connectivity index (χ4n) is 2.63. The molecule has 2 aliphatic rings. The van der Waals surface area contributed by atoms with Crippen LogP contribution in [0.15, 0.2) is 0 Å². The first-order valence-corrected chi connectivity index (χ1v) is 7.91. The monoisotopic (exact) mass is 277 g/mol. The van der Waals surface area contributed by atoms with Crippen LogP contribution in [0.4, 0.5) is 0 Å². The summed E-state index contributed by atoms with van der Waals surface area (Å²) in [5, 5.41) is 0. The molecule has 6 nitrogen and oxygen atoms in total. The van der Waals surface area contributed by atoms with Gasteiger partial charge in [-0.1, -0.05) is 0 Å². The molecule has 0 spiro atoms. The predicted molar refractivity (Wildman–Crippen MR) is 69.2 cm³/mol. The molecular formula is C11H23N3O3S. The minimum Gasteiger partial charge on any atom is -0.376 e. The van der Waals surface area contributed by atoms with Crippen LogP contribution in [0.3, 0.4) is 0 Å². The predicted octanol–water partition coefficient (Wildman–Crippen LogP) is -0.334. The molecule has 7 heteroatoms. The van der Waals surface area contributed by atoms with Crippen molar-refractivity contribution in [1.29, 1.82) is 0 Å². The first-order chi connectivity index (χ1) is 8.34. The van der Waals surface area contributed by atoms with Crippen LogP contribution in [-0.4, -0.2) is 50.6 Å². The lowest BCUT2D eigenvalue weighted by Gasteiger charge is -2.52. The molecular weight excluding hydrogens is 254 g/mol. The molecule has 2 fully saturated rings. The van der Waals surface area contributed by atoms with Gasteiger partial charge in [-0.3, -0.25) is 0 Å². The molecule has 106 valence electrons. The highest BCUT2D eigenvalue weighted by Crippen LogP contribution is 2.37. The van der Waals surface area contributed by atoms with E-state index in [1.54, 1.807) is 7.05 Å². The SMILES string of the molecule is CC(C)N(C)S(=O)(=O)NC1C(N)C2CCCOC21. The van der Waals surface area contributed by atoms with E-state index in [4.69, 9.17) is 10.5 Å². The molecule has 18 heavy (non-hydrogen) atoms. The van der Waals surface area contributed by atoms with Crippen LogP contribution >= 0.6 is 0 Å². The summed E-state index contributed by atoms with van der Waals surface area (Å²) in [7, 11) is -1.91. The van der Waals surface area contributed by atoms with Gasteiger partial charge in [0.2, 0.25) is 0 Å². The summed E-state index contributed by atoms with van der Waals surface area (Å²) in [5.74, 6) is 0.302. The molecule has 0 radical (unpaired) electrons. The Bertz CT molecular complexity index is 398. The fraction of sp³-hybridized carbons (Fsp3) is 1.00.